The van der Waals surface area contributed by atoms with Crippen LogP contribution in [0.2, 0.25) is 0 Å². The molecule has 724 valence electrons. The highest BCUT2D eigenvalue weighted by Gasteiger charge is 2.38. The minimum absolute atomic E-state index is 0.124. The van der Waals surface area contributed by atoms with Gasteiger partial charge >= 0.3 is 0 Å². The predicted molar refractivity (Wildman–Crippen MR) is 551 cm³/mol. The molecular weight excluding hydrogens is 1630 g/mol. The molecule has 0 aliphatic carbocycles. The minimum Gasteiger partial charge on any atom is -0.423 e. The summed E-state index contributed by atoms with van der Waals surface area (Å²) in [6.45, 7) is 64.5. The predicted octanol–water partition coefficient (Wildman–Crippen LogP) is 26.1. The maximum atomic E-state index is 8.72. The van der Waals surface area contributed by atoms with E-state index >= 15 is 0 Å². The van der Waals surface area contributed by atoms with Gasteiger partial charge in [0.1, 0.15) is 0 Å². The molecule has 7 aliphatic rings. The van der Waals surface area contributed by atoms with Gasteiger partial charge in [0, 0.05) is 77.0 Å². The third-order valence-corrected chi connectivity index (χ3v) is 27.9. The zero-order chi connectivity index (χ0) is 96.0. The number of hydrogen-bond acceptors (Lipinski definition) is 18. The van der Waals surface area contributed by atoms with Crippen molar-refractivity contribution in [3.8, 4) is 0 Å². The van der Waals surface area contributed by atoms with E-state index in [1.165, 1.54) is 188 Å². The van der Waals surface area contributed by atoms with Crippen molar-refractivity contribution >= 4 is 28.4 Å². The number of azide groups is 2. The molecule has 7 saturated heterocycles. The van der Waals surface area contributed by atoms with Crippen LogP contribution in [0, 0.1) is 30.6 Å². The van der Waals surface area contributed by atoms with Crippen LogP contribution in [0.1, 0.15) is 329 Å². The number of nitrogens with two attached hydrogens (primary N) is 3. The Morgan fingerprint density at radius 3 is 1.03 bits per heavy atom. The first kappa shape index (κ1) is 107. The van der Waals surface area contributed by atoms with Gasteiger partial charge in [0.05, 0.1) is 24.9 Å². The van der Waals surface area contributed by atoms with Crippen molar-refractivity contribution in [1.82, 2.24) is 54.7 Å². The molecule has 2 atom stereocenters. The number of aryl methyl sites for hydroxylation is 1. The quantitative estimate of drug-likeness (QED) is 0.0351. The van der Waals surface area contributed by atoms with Crippen LogP contribution in [0.5, 0.6) is 0 Å². The fourth-order valence-corrected chi connectivity index (χ4v) is 19.7. The average Bonchev–Trinajstić information content (AvgIpc) is 1.60. The van der Waals surface area contributed by atoms with Crippen LogP contribution < -0.4 is 17.2 Å². The van der Waals surface area contributed by atoms with Crippen molar-refractivity contribution in [2.75, 3.05) is 95.7 Å². The largest absolute Gasteiger partial charge is 0.423 e. The molecule has 22 heteroatoms. The Hall–Kier alpha value is -8.66. The monoisotopic (exact) mass is 1810 g/mol. The topological polar surface area (TPSA) is 276 Å². The SMILES string of the molecule is CC(C)(C)N1CCC(Cc2ccc(N)cc2)CC1.CC(C)(C)N1CCC(Cc2ccc(N)cc2N)CC1.CC(C)(C)N1CCC(Cc2ccc(N=[N+]=[N-])cc2)CC1.CC(C)(C)N1CCCCC1.CC(C)(C)N1CCCCC1c1nnc(Cc2ccccc2)o1.CC(C)(C)N1CCCCC1c1nnc(Cc2ccccc2)o1.Cc1ccc(CC2CCN(C(C)(C)C)CC2)c(N=[N+]=[N-])c1. The Kier molecular flexibility index (Phi) is 40.7. The third kappa shape index (κ3) is 35.9. The van der Waals surface area contributed by atoms with E-state index in [2.05, 4.69) is 287 Å². The van der Waals surface area contributed by atoms with Gasteiger partial charge in [0.25, 0.3) is 0 Å². The van der Waals surface area contributed by atoms with Crippen molar-refractivity contribution in [2.24, 2.45) is 33.9 Å². The number of rotatable bonds is 16. The summed E-state index contributed by atoms with van der Waals surface area (Å²) >= 11 is 0. The molecule has 7 aliphatic heterocycles. The lowest BCUT2D eigenvalue weighted by Crippen LogP contribution is -2.46. The van der Waals surface area contributed by atoms with Crippen LogP contribution >= 0.6 is 0 Å². The fraction of sp³-hybridized carbons (Fsp3) is 0.636. The van der Waals surface area contributed by atoms with Gasteiger partial charge in [-0.3, -0.25) is 34.3 Å². The summed E-state index contributed by atoms with van der Waals surface area (Å²) in [4.78, 5) is 23.7. The molecule has 7 fully saturated rings. The van der Waals surface area contributed by atoms with E-state index in [1.54, 1.807) is 0 Å². The van der Waals surface area contributed by atoms with E-state index in [0.29, 0.717) is 58.4 Å². The highest BCUT2D eigenvalue weighted by molar-refractivity contribution is 5.57. The first-order valence-electron chi connectivity index (χ1n) is 50.2. The zero-order valence-corrected chi connectivity index (χ0v) is 85.7. The van der Waals surface area contributed by atoms with E-state index in [9.17, 15) is 0 Å². The van der Waals surface area contributed by atoms with Crippen molar-refractivity contribution < 1.29 is 8.83 Å². The molecule has 0 bridgehead atoms. The van der Waals surface area contributed by atoms with Crippen molar-refractivity contribution in [3.63, 3.8) is 0 Å². The lowest BCUT2D eigenvalue weighted by molar-refractivity contribution is 0.0364. The second kappa shape index (κ2) is 50.2. The number of piperidine rings is 7. The standard InChI is InChI=1S/2C18H25N3O.C17H26N4.C16H24N4.C16H27N3.C16H26N2.C9H19N/c2*1-18(2,3)21-12-8-7-11-15(21)17-20-19-16(22-17)13-14-9-5-4-6-10-14;1-13-5-6-15(16(11-13)19-20-18)12-14-7-9-21(10-8-14)17(2,3)4;1-16(2,3)20-10-8-14(9-11-20)12-13-4-6-15(7-5-13)18-19-17;1-16(2,3)19-8-6-12(7-9-19)10-13-4-5-14(17)11-15(13)18;1-16(2,3)18-10-8-14(9-11-18)12-13-4-6-15(17)7-5-13;1-9(2,3)10-7-5-4-6-8-10/h2*4-6,9-10,15H,7-8,11-13H2,1-3H3;5-6,11,14H,7-10,12H2,1-4H3;4-7,14H,8-12H2,1-3H3;4-5,11-12H,6-10,17-18H2,1-3H3;4-7,14H,8-12,17H2,1-3H3;4-8H2,1-3H3. The lowest BCUT2D eigenvalue weighted by Gasteiger charge is -2.43. The number of nitrogens with zero attached hydrogens (tertiary/aromatic N) is 17. The van der Waals surface area contributed by atoms with Crippen molar-refractivity contribution in [1.29, 1.82) is 0 Å². The second-order valence-electron chi connectivity index (χ2n) is 45.5. The summed E-state index contributed by atoms with van der Waals surface area (Å²) < 4.78 is 12.0. The summed E-state index contributed by atoms with van der Waals surface area (Å²) in [5, 5.41) is 24.7. The van der Waals surface area contributed by atoms with E-state index in [4.69, 9.17) is 37.1 Å². The Morgan fingerprint density at radius 2 is 0.674 bits per heavy atom. The van der Waals surface area contributed by atoms with Crippen molar-refractivity contribution in [3.05, 3.63) is 229 Å². The molecule has 132 heavy (non-hydrogen) atoms. The number of benzene rings is 6. The summed E-state index contributed by atoms with van der Waals surface area (Å²) in [6.07, 6.45) is 27.4. The van der Waals surface area contributed by atoms with Crippen LogP contribution in [0.15, 0.2) is 165 Å². The van der Waals surface area contributed by atoms with Crippen LogP contribution in [0.3, 0.4) is 0 Å². The molecular formula is C110H172N20O2. The fourth-order valence-electron chi connectivity index (χ4n) is 19.7. The summed E-state index contributed by atoms with van der Waals surface area (Å²) in [7, 11) is 0. The average molecular weight is 1810 g/mol. The molecule has 6 aromatic carbocycles. The van der Waals surface area contributed by atoms with Gasteiger partial charge in [-0.05, 0) is 445 Å². The smallest absolute Gasteiger partial charge is 0.233 e. The number of aromatic nitrogens is 4. The van der Waals surface area contributed by atoms with Gasteiger partial charge in [-0.15, -0.1) is 20.4 Å². The zero-order valence-electron chi connectivity index (χ0n) is 85.7. The second-order valence-corrected chi connectivity index (χ2v) is 45.5. The molecule has 2 aromatic heterocycles. The van der Waals surface area contributed by atoms with Gasteiger partial charge in [0.15, 0.2) is 0 Å². The molecule has 22 nitrogen and oxygen atoms in total. The molecule has 0 spiro atoms. The van der Waals surface area contributed by atoms with Crippen LogP contribution in [0.4, 0.5) is 28.4 Å². The van der Waals surface area contributed by atoms with E-state index in [1.807, 2.05) is 85.8 Å². The van der Waals surface area contributed by atoms with Gasteiger partial charge in [-0.2, -0.15) is 0 Å². The molecule has 0 amide bonds. The highest BCUT2D eigenvalue weighted by atomic mass is 16.4. The molecule has 9 heterocycles. The number of hydrogen-bond donors (Lipinski definition) is 3. The molecule has 2 unspecified atom stereocenters. The number of anilines is 3. The Labute approximate surface area is 796 Å². The Bertz CT molecular complexity index is 4630. The van der Waals surface area contributed by atoms with Crippen molar-refractivity contribution in [2.45, 2.75) is 351 Å². The van der Waals surface area contributed by atoms with Crippen LogP contribution in [-0.4, -0.2) is 172 Å². The summed E-state index contributed by atoms with van der Waals surface area (Å²) in [5.41, 5.74) is 49.2. The summed E-state index contributed by atoms with van der Waals surface area (Å²) in [5.74, 6) is 6.04. The minimum atomic E-state index is 0.124. The molecule has 15 rings (SSSR count). The number of nitrogen functional groups attached to an aromatic ring is 3. The van der Waals surface area contributed by atoms with Gasteiger partial charge in [-0.1, -0.05) is 150 Å². The molecule has 8 aromatic rings. The van der Waals surface area contributed by atoms with Crippen LogP contribution in [-0.2, 0) is 38.5 Å². The first-order valence-corrected chi connectivity index (χ1v) is 50.2. The third-order valence-electron chi connectivity index (χ3n) is 27.9. The van der Waals surface area contributed by atoms with Gasteiger partial charge < -0.3 is 26.0 Å². The molecule has 6 N–H and O–H groups in total. The Morgan fingerprint density at radius 1 is 0.333 bits per heavy atom. The maximum absolute atomic E-state index is 8.72. The van der Waals surface area contributed by atoms with Gasteiger partial charge in [0.2, 0.25) is 23.6 Å². The van der Waals surface area contributed by atoms with E-state index in [0.717, 1.165) is 116 Å². The Balaban J connectivity index is 0.000000175. The maximum Gasteiger partial charge on any atom is 0.233 e. The van der Waals surface area contributed by atoms with Crippen LogP contribution in [0.25, 0.3) is 20.9 Å². The number of likely N-dealkylation sites (tertiary alicyclic amines) is 7. The lowest BCUT2D eigenvalue weighted by atomic mass is 9.87. The first-order chi connectivity index (χ1) is 62.4. The normalized spacial score (nSPS) is 19.3. The van der Waals surface area contributed by atoms with E-state index < -0.39 is 0 Å². The van der Waals surface area contributed by atoms with Gasteiger partial charge in [-0.25, -0.2) is 0 Å². The molecule has 0 saturated carbocycles. The van der Waals surface area contributed by atoms with E-state index in [-0.39, 0.29) is 28.7 Å². The molecule has 0 radical (unpaired) electrons. The summed E-state index contributed by atoms with van der Waals surface area (Å²) in [6, 6.07) is 49.5. The highest BCUT2D eigenvalue weighted by Crippen LogP contribution is 2.40.